The predicted molar refractivity (Wildman–Crippen MR) is 97.3 cm³/mol. The van der Waals surface area contributed by atoms with Crippen LogP contribution in [0.25, 0.3) is 10.9 Å². The largest absolute Gasteiger partial charge is 0.453 e. The molecule has 0 radical (unpaired) electrons. The third-order valence-electron chi connectivity index (χ3n) is 3.40. The summed E-state index contributed by atoms with van der Waals surface area (Å²) in [6.07, 6.45) is 1.55. The van der Waals surface area contributed by atoms with Crippen LogP contribution in [0.3, 0.4) is 0 Å². The lowest BCUT2D eigenvalue weighted by Gasteiger charge is -2.11. The van der Waals surface area contributed by atoms with Crippen molar-refractivity contribution in [2.75, 3.05) is 0 Å². The van der Waals surface area contributed by atoms with Crippen molar-refractivity contribution >= 4 is 50.8 Å². The number of rotatable bonds is 3. The first-order valence-electron chi connectivity index (χ1n) is 6.73. The second-order valence-corrected chi connectivity index (χ2v) is 6.59. The number of hydrogen-bond donors (Lipinski definition) is 0. The number of ether oxygens (including phenoxy) is 1. The molecule has 0 amide bonds. The molecule has 0 aliphatic rings. The van der Waals surface area contributed by atoms with Crippen molar-refractivity contribution in [1.29, 1.82) is 0 Å². The number of fused-ring (bicyclic) bond motifs is 1. The second kappa shape index (κ2) is 6.48. The van der Waals surface area contributed by atoms with Gasteiger partial charge in [-0.25, -0.2) is 4.39 Å². The smallest absolute Gasteiger partial charge is 0.291 e. The van der Waals surface area contributed by atoms with Gasteiger partial charge in [0.1, 0.15) is 10.8 Å². The van der Waals surface area contributed by atoms with Gasteiger partial charge in [0.05, 0.1) is 16.5 Å². The minimum atomic E-state index is -0.863. The Kier molecular flexibility index (Phi) is 4.55. The Morgan fingerprint density at radius 2 is 2.04 bits per heavy atom. The standard InChI is InChI=1S/C16H9ClFIN2O3/c1-8-4-9-13(7-12(8)19)20-3-2-15(9)24-16-5-10(17)14(21(22)23)6-11(16)18/h2-7H,1H3. The van der Waals surface area contributed by atoms with Crippen LogP contribution in [0.4, 0.5) is 10.1 Å². The van der Waals surface area contributed by atoms with E-state index in [1.54, 1.807) is 12.3 Å². The number of nitro benzene ring substituents is 1. The Hall–Kier alpha value is -2.00. The summed E-state index contributed by atoms with van der Waals surface area (Å²) in [5.41, 5.74) is 1.23. The normalized spacial score (nSPS) is 10.8. The molecule has 3 rings (SSSR count). The summed E-state index contributed by atoms with van der Waals surface area (Å²) in [4.78, 5) is 14.3. The van der Waals surface area contributed by atoms with Crippen molar-refractivity contribution in [3.8, 4) is 11.5 Å². The Morgan fingerprint density at radius 3 is 2.75 bits per heavy atom. The van der Waals surface area contributed by atoms with Crippen molar-refractivity contribution in [1.82, 2.24) is 4.98 Å². The van der Waals surface area contributed by atoms with E-state index < -0.39 is 16.4 Å². The number of halogens is 3. The molecule has 0 aliphatic heterocycles. The van der Waals surface area contributed by atoms with E-state index in [2.05, 4.69) is 27.6 Å². The number of nitrogens with zero attached hydrogens (tertiary/aromatic N) is 2. The Morgan fingerprint density at radius 1 is 1.29 bits per heavy atom. The van der Waals surface area contributed by atoms with Crippen LogP contribution in [0.15, 0.2) is 36.5 Å². The number of pyridine rings is 1. The fourth-order valence-electron chi connectivity index (χ4n) is 2.19. The van der Waals surface area contributed by atoms with Gasteiger partial charge in [-0.3, -0.25) is 15.1 Å². The fourth-order valence-corrected chi connectivity index (χ4v) is 2.87. The van der Waals surface area contributed by atoms with Gasteiger partial charge in [0.15, 0.2) is 11.6 Å². The zero-order valence-electron chi connectivity index (χ0n) is 12.2. The van der Waals surface area contributed by atoms with E-state index in [0.717, 1.165) is 21.3 Å². The van der Waals surface area contributed by atoms with Crippen molar-refractivity contribution in [2.24, 2.45) is 0 Å². The van der Waals surface area contributed by atoms with Crippen LogP contribution in [-0.2, 0) is 0 Å². The van der Waals surface area contributed by atoms with Gasteiger partial charge < -0.3 is 4.74 Å². The summed E-state index contributed by atoms with van der Waals surface area (Å²) >= 11 is 8.03. The van der Waals surface area contributed by atoms with Crippen molar-refractivity contribution in [3.05, 3.63) is 66.6 Å². The third-order valence-corrected chi connectivity index (χ3v) is 4.86. The molecule has 0 bridgehead atoms. The highest BCUT2D eigenvalue weighted by molar-refractivity contribution is 14.1. The van der Waals surface area contributed by atoms with Crippen LogP contribution >= 0.6 is 34.2 Å². The van der Waals surface area contributed by atoms with E-state index in [4.69, 9.17) is 16.3 Å². The Bertz CT molecular complexity index is 981. The van der Waals surface area contributed by atoms with E-state index in [9.17, 15) is 14.5 Å². The molecule has 3 aromatic rings. The number of nitro groups is 1. The Labute approximate surface area is 154 Å². The van der Waals surface area contributed by atoms with Crippen LogP contribution in [0.5, 0.6) is 11.5 Å². The highest BCUT2D eigenvalue weighted by Crippen LogP contribution is 2.36. The van der Waals surface area contributed by atoms with Crippen LogP contribution in [0.1, 0.15) is 5.56 Å². The molecule has 0 unspecified atom stereocenters. The number of hydrogen-bond acceptors (Lipinski definition) is 4. The van der Waals surface area contributed by atoms with Gasteiger partial charge in [0.25, 0.3) is 5.69 Å². The molecule has 1 heterocycles. The maximum atomic E-state index is 14.1. The molecule has 0 aliphatic carbocycles. The highest BCUT2D eigenvalue weighted by Gasteiger charge is 2.19. The van der Waals surface area contributed by atoms with Gasteiger partial charge in [0.2, 0.25) is 0 Å². The zero-order chi connectivity index (χ0) is 17.4. The minimum absolute atomic E-state index is 0.186. The Balaban J connectivity index is 2.09. The molecule has 0 N–H and O–H groups in total. The first-order valence-corrected chi connectivity index (χ1v) is 8.18. The molecule has 2 aromatic carbocycles. The molecule has 0 saturated carbocycles. The molecule has 5 nitrogen and oxygen atoms in total. The molecule has 0 fully saturated rings. The van der Waals surface area contributed by atoms with Crippen molar-refractivity contribution in [2.45, 2.75) is 6.92 Å². The molecule has 122 valence electrons. The van der Waals surface area contributed by atoms with E-state index >= 15 is 0 Å². The summed E-state index contributed by atoms with van der Waals surface area (Å²) in [6, 6.07) is 7.24. The van der Waals surface area contributed by atoms with Crippen LogP contribution in [0, 0.1) is 26.4 Å². The molecular weight excluding hydrogens is 450 g/mol. The van der Waals surface area contributed by atoms with Gasteiger partial charge in [-0.2, -0.15) is 0 Å². The lowest BCUT2D eigenvalue weighted by molar-refractivity contribution is -0.384. The monoisotopic (exact) mass is 458 g/mol. The van der Waals surface area contributed by atoms with Gasteiger partial charge >= 0.3 is 0 Å². The number of benzene rings is 2. The molecule has 24 heavy (non-hydrogen) atoms. The maximum Gasteiger partial charge on any atom is 0.291 e. The van der Waals surface area contributed by atoms with E-state index in [1.165, 1.54) is 0 Å². The topological polar surface area (TPSA) is 65.3 Å². The number of aromatic nitrogens is 1. The molecule has 0 atom stereocenters. The van der Waals surface area contributed by atoms with Crippen molar-refractivity contribution < 1.29 is 14.1 Å². The van der Waals surface area contributed by atoms with Crippen LogP contribution in [-0.4, -0.2) is 9.91 Å². The highest BCUT2D eigenvalue weighted by atomic mass is 127. The van der Waals surface area contributed by atoms with Gasteiger partial charge in [0, 0.05) is 21.2 Å². The molecule has 0 spiro atoms. The molecule has 8 heteroatoms. The molecule has 1 aromatic heterocycles. The van der Waals surface area contributed by atoms with Crippen LogP contribution < -0.4 is 4.74 Å². The summed E-state index contributed by atoms with van der Waals surface area (Å²) in [6.45, 7) is 1.95. The third kappa shape index (κ3) is 3.13. The van der Waals surface area contributed by atoms with Gasteiger partial charge in [-0.1, -0.05) is 11.6 Å². The summed E-state index contributed by atoms with van der Waals surface area (Å²) < 4.78 is 20.8. The number of aryl methyl sites for hydroxylation is 1. The van der Waals surface area contributed by atoms with Gasteiger partial charge in [-0.05, 0) is 53.3 Å². The summed E-state index contributed by atoms with van der Waals surface area (Å²) in [5, 5.41) is 11.3. The average molecular weight is 459 g/mol. The first-order chi connectivity index (χ1) is 11.4. The lowest BCUT2D eigenvalue weighted by atomic mass is 10.1. The second-order valence-electron chi connectivity index (χ2n) is 5.02. The SMILES string of the molecule is Cc1cc2c(Oc3cc(Cl)c([N+](=O)[O-])cc3F)ccnc2cc1I. The fraction of sp³-hybridized carbons (Fsp3) is 0.0625. The maximum absolute atomic E-state index is 14.1. The van der Waals surface area contributed by atoms with E-state index in [1.807, 2.05) is 19.1 Å². The minimum Gasteiger partial charge on any atom is -0.453 e. The average Bonchev–Trinajstić information content (AvgIpc) is 2.52. The van der Waals surface area contributed by atoms with E-state index in [0.29, 0.717) is 16.7 Å². The summed E-state index contributed by atoms with van der Waals surface area (Å²) in [5.74, 6) is -0.657. The summed E-state index contributed by atoms with van der Waals surface area (Å²) in [7, 11) is 0. The quantitative estimate of drug-likeness (QED) is 0.289. The molecule has 0 saturated heterocycles. The molecular formula is C16H9ClFIN2O3. The first kappa shape index (κ1) is 16.8. The lowest BCUT2D eigenvalue weighted by Crippen LogP contribution is -1.95. The zero-order valence-corrected chi connectivity index (χ0v) is 15.1. The predicted octanol–water partition coefficient (Wildman–Crippen LogP) is 5.64. The van der Waals surface area contributed by atoms with Crippen LogP contribution in [0.2, 0.25) is 5.02 Å². The van der Waals surface area contributed by atoms with Gasteiger partial charge in [-0.15, -0.1) is 0 Å². The van der Waals surface area contributed by atoms with E-state index in [-0.39, 0.29) is 10.8 Å². The van der Waals surface area contributed by atoms with Crippen molar-refractivity contribution in [3.63, 3.8) is 0 Å².